The molecule has 2 unspecified atom stereocenters. The van der Waals surface area contributed by atoms with E-state index in [1.165, 1.54) is 12.1 Å². The van der Waals surface area contributed by atoms with E-state index in [0.29, 0.717) is 12.0 Å². The highest BCUT2D eigenvalue weighted by molar-refractivity contribution is 7.91. The number of halogens is 3. The van der Waals surface area contributed by atoms with Gasteiger partial charge < -0.3 is 5.73 Å². The summed E-state index contributed by atoms with van der Waals surface area (Å²) in [6.45, 7) is 0.228. The predicted molar refractivity (Wildman–Crippen MR) is 70.0 cm³/mol. The van der Waals surface area contributed by atoms with Crippen molar-refractivity contribution >= 4 is 9.84 Å². The molecule has 7 heteroatoms. The Kier molecular flexibility index (Phi) is 4.11. The molecule has 1 aliphatic rings. The molecule has 0 saturated carbocycles. The molecular formula is C13H16F3NO2S. The molecule has 1 fully saturated rings. The Morgan fingerprint density at radius 3 is 2.25 bits per heavy atom. The maximum absolute atomic E-state index is 12.5. The smallest absolute Gasteiger partial charge is 0.330 e. The third kappa shape index (κ3) is 3.32. The topological polar surface area (TPSA) is 60.2 Å². The number of alkyl halides is 3. The summed E-state index contributed by atoms with van der Waals surface area (Å²) in [5.74, 6) is -0.124. The summed E-state index contributed by atoms with van der Waals surface area (Å²) < 4.78 is 60.5. The zero-order valence-electron chi connectivity index (χ0n) is 10.7. The van der Waals surface area contributed by atoms with Crippen LogP contribution in [0.4, 0.5) is 13.2 Å². The lowest BCUT2D eigenvalue weighted by atomic mass is 9.85. The van der Waals surface area contributed by atoms with E-state index < -0.39 is 21.6 Å². The van der Waals surface area contributed by atoms with Gasteiger partial charge in [0.2, 0.25) is 0 Å². The van der Waals surface area contributed by atoms with E-state index in [2.05, 4.69) is 0 Å². The van der Waals surface area contributed by atoms with Gasteiger partial charge in [-0.1, -0.05) is 12.1 Å². The molecule has 1 saturated heterocycles. The second-order valence-electron chi connectivity index (χ2n) is 5.13. The zero-order chi connectivity index (χ0) is 15.0. The Morgan fingerprint density at radius 2 is 1.85 bits per heavy atom. The van der Waals surface area contributed by atoms with Gasteiger partial charge >= 0.3 is 6.18 Å². The Bertz CT molecular complexity index is 566. The summed E-state index contributed by atoms with van der Waals surface area (Å²) in [5, 5.41) is 0. The first-order chi connectivity index (χ1) is 9.23. The van der Waals surface area contributed by atoms with Crippen molar-refractivity contribution in [2.75, 3.05) is 18.1 Å². The number of nitrogens with two attached hydrogens (primary N) is 1. The van der Waals surface area contributed by atoms with Gasteiger partial charge in [-0.3, -0.25) is 0 Å². The van der Waals surface area contributed by atoms with Crippen LogP contribution in [-0.4, -0.2) is 26.5 Å². The average Bonchev–Trinajstić information content (AvgIpc) is 2.70. The molecule has 0 aromatic heterocycles. The summed E-state index contributed by atoms with van der Waals surface area (Å²) in [5.41, 5.74) is 5.64. The van der Waals surface area contributed by atoms with Crippen LogP contribution in [0.5, 0.6) is 0 Å². The molecule has 0 bridgehead atoms. The molecule has 1 aliphatic heterocycles. The van der Waals surface area contributed by atoms with Crippen LogP contribution >= 0.6 is 0 Å². The number of benzene rings is 1. The predicted octanol–water partition coefficient (Wildman–Crippen LogP) is 2.18. The number of rotatable bonds is 3. The minimum Gasteiger partial charge on any atom is -0.330 e. The van der Waals surface area contributed by atoms with Gasteiger partial charge in [-0.05, 0) is 42.5 Å². The summed E-state index contributed by atoms with van der Waals surface area (Å²) in [6, 6.07) is 4.82. The van der Waals surface area contributed by atoms with Gasteiger partial charge in [0.1, 0.15) is 0 Å². The van der Waals surface area contributed by atoms with Crippen molar-refractivity contribution in [1.29, 1.82) is 0 Å². The van der Waals surface area contributed by atoms with E-state index >= 15 is 0 Å². The third-order valence-corrected chi connectivity index (χ3v) is 5.55. The van der Waals surface area contributed by atoms with Crippen LogP contribution in [0.25, 0.3) is 0 Å². The van der Waals surface area contributed by atoms with Crippen LogP contribution in [0, 0.1) is 5.92 Å². The maximum atomic E-state index is 12.5. The molecule has 2 atom stereocenters. The van der Waals surface area contributed by atoms with E-state index in [1.54, 1.807) is 0 Å². The van der Waals surface area contributed by atoms with Gasteiger partial charge in [-0.25, -0.2) is 8.42 Å². The summed E-state index contributed by atoms with van der Waals surface area (Å²) >= 11 is 0. The molecule has 2 rings (SSSR count). The van der Waals surface area contributed by atoms with Crippen molar-refractivity contribution in [3.63, 3.8) is 0 Å². The molecule has 1 heterocycles. The lowest BCUT2D eigenvalue weighted by Crippen LogP contribution is -2.22. The first-order valence-corrected chi connectivity index (χ1v) is 8.13. The SMILES string of the molecule is NCC(c1ccc(C(F)(F)F)cc1)C1CCS(=O)(=O)C1. The van der Waals surface area contributed by atoms with Gasteiger partial charge in [0.15, 0.2) is 9.84 Å². The third-order valence-electron chi connectivity index (χ3n) is 3.76. The van der Waals surface area contributed by atoms with Crippen LogP contribution < -0.4 is 5.73 Å². The van der Waals surface area contributed by atoms with E-state index in [-0.39, 0.29) is 29.9 Å². The summed E-state index contributed by atoms with van der Waals surface area (Å²) in [7, 11) is -3.03. The molecule has 0 amide bonds. The van der Waals surface area contributed by atoms with Gasteiger partial charge in [0.05, 0.1) is 17.1 Å². The van der Waals surface area contributed by atoms with Crippen molar-refractivity contribution in [3.05, 3.63) is 35.4 Å². The lowest BCUT2D eigenvalue weighted by molar-refractivity contribution is -0.137. The average molecular weight is 307 g/mol. The minimum absolute atomic E-state index is 0.0654. The van der Waals surface area contributed by atoms with Crippen molar-refractivity contribution < 1.29 is 21.6 Å². The molecule has 20 heavy (non-hydrogen) atoms. The van der Waals surface area contributed by atoms with E-state index in [4.69, 9.17) is 5.73 Å². The second kappa shape index (κ2) is 5.37. The fourth-order valence-corrected chi connectivity index (χ4v) is 4.54. The molecule has 112 valence electrons. The second-order valence-corrected chi connectivity index (χ2v) is 7.35. The molecule has 1 aromatic carbocycles. The molecule has 0 spiro atoms. The van der Waals surface area contributed by atoms with Crippen molar-refractivity contribution in [2.45, 2.75) is 18.5 Å². The van der Waals surface area contributed by atoms with E-state index in [1.807, 2.05) is 0 Å². The van der Waals surface area contributed by atoms with Crippen LogP contribution in [0.3, 0.4) is 0 Å². The highest BCUT2D eigenvalue weighted by Gasteiger charge is 2.34. The molecular weight excluding hydrogens is 291 g/mol. The van der Waals surface area contributed by atoms with Gasteiger partial charge in [-0.15, -0.1) is 0 Å². The fourth-order valence-electron chi connectivity index (χ4n) is 2.66. The number of hydrogen-bond acceptors (Lipinski definition) is 3. The van der Waals surface area contributed by atoms with Crippen LogP contribution in [0.2, 0.25) is 0 Å². The fraction of sp³-hybridized carbons (Fsp3) is 0.538. The Hall–Kier alpha value is -1.08. The normalized spacial score (nSPS) is 23.7. The monoisotopic (exact) mass is 307 g/mol. The van der Waals surface area contributed by atoms with Gasteiger partial charge in [-0.2, -0.15) is 13.2 Å². The van der Waals surface area contributed by atoms with Crippen LogP contribution in [0.15, 0.2) is 24.3 Å². The van der Waals surface area contributed by atoms with Crippen LogP contribution in [-0.2, 0) is 16.0 Å². The standard InChI is InChI=1S/C13H16F3NO2S/c14-13(15,16)11-3-1-9(2-4-11)12(7-17)10-5-6-20(18,19)8-10/h1-4,10,12H,5-8,17H2. The first-order valence-electron chi connectivity index (χ1n) is 6.30. The minimum atomic E-state index is -4.37. The quantitative estimate of drug-likeness (QED) is 0.931. The van der Waals surface area contributed by atoms with Crippen LogP contribution in [0.1, 0.15) is 23.5 Å². The van der Waals surface area contributed by atoms with Crippen molar-refractivity contribution in [3.8, 4) is 0 Å². The van der Waals surface area contributed by atoms with Crippen molar-refractivity contribution in [2.24, 2.45) is 11.7 Å². The Balaban J connectivity index is 2.21. The van der Waals surface area contributed by atoms with E-state index in [0.717, 1.165) is 12.1 Å². The van der Waals surface area contributed by atoms with E-state index in [9.17, 15) is 21.6 Å². The van der Waals surface area contributed by atoms with Crippen molar-refractivity contribution in [1.82, 2.24) is 0 Å². The largest absolute Gasteiger partial charge is 0.416 e. The Morgan fingerprint density at radius 1 is 1.25 bits per heavy atom. The summed E-state index contributed by atoms with van der Waals surface area (Å²) in [6.07, 6.45) is -3.85. The molecule has 0 aliphatic carbocycles. The highest BCUT2D eigenvalue weighted by Crippen LogP contribution is 2.35. The van der Waals surface area contributed by atoms with Gasteiger partial charge in [0, 0.05) is 0 Å². The molecule has 2 N–H and O–H groups in total. The zero-order valence-corrected chi connectivity index (χ0v) is 11.5. The Labute approximate surface area is 115 Å². The molecule has 3 nitrogen and oxygen atoms in total. The lowest BCUT2D eigenvalue weighted by Gasteiger charge is -2.21. The number of hydrogen-bond donors (Lipinski definition) is 1. The maximum Gasteiger partial charge on any atom is 0.416 e. The molecule has 1 aromatic rings. The first kappa shape index (κ1) is 15.3. The van der Waals surface area contributed by atoms with Gasteiger partial charge in [0.25, 0.3) is 0 Å². The summed E-state index contributed by atoms with van der Waals surface area (Å²) in [4.78, 5) is 0. The highest BCUT2D eigenvalue weighted by atomic mass is 32.2. The number of sulfone groups is 1. The molecule has 0 radical (unpaired) electrons.